The maximum absolute atomic E-state index is 12.5. The molecular weight excluding hydrogens is 318 g/mol. The van der Waals surface area contributed by atoms with Crippen molar-refractivity contribution in [3.05, 3.63) is 46.0 Å². The summed E-state index contributed by atoms with van der Waals surface area (Å²) in [7, 11) is 0. The Hall–Kier alpha value is -2.53. The highest BCUT2D eigenvalue weighted by atomic mass is 19.3. The smallest absolute Gasteiger partial charge is 0.269 e. The van der Waals surface area contributed by atoms with E-state index in [4.69, 9.17) is 5.26 Å². The van der Waals surface area contributed by atoms with E-state index < -0.39 is 11.3 Å². The molecule has 0 N–H and O–H groups in total. The van der Waals surface area contributed by atoms with E-state index in [1.54, 1.807) is 17.0 Å². The SMILES string of the molecule is N#C/C=C(/c1ccc([N+](=O)[O-])cc1)N1CCCN(CC(F)F)CC1. The molecule has 8 heteroatoms. The minimum atomic E-state index is -2.36. The zero-order valence-electron chi connectivity index (χ0n) is 13.1. The molecule has 24 heavy (non-hydrogen) atoms. The second-order valence-corrected chi connectivity index (χ2v) is 5.49. The van der Waals surface area contributed by atoms with Crippen LogP contribution in [-0.2, 0) is 0 Å². The normalized spacial score (nSPS) is 16.8. The first-order valence-corrected chi connectivity index (χ1v) is 7.61. The van der Waals surface area contributed by atoms with Gasteiger partial charge in [0.2, 0.25) is 0 Å². The maximum atomic E-state index is 12.5. The molecule has 6 nitrogen and oxygen atoms in total. The highest BCUT2D eigenvalue weighted by molar-refractivity contribution is 5.67. The third-order valence-corrected chi connectivity index (χ3v) is 3.90. The summed E-state index contributed by atoms with van der Waals surface area (Å²) in [6, 6.07) is 7.97. The van der Waals surface area contributed by atoms with Gasteiger partial charge in [-0.25, -0.2) is 8.78 Å². The summed E-state index contributed by atoms with van der Waals surface area (Å²) in [4.78, 5) is 13.9. The van der Waals surface area contributed by atoms with Crippen LogP contribution in [-0.4, -0.2) is 53.9 Å². The molecule has 0 amide bonds. The first kappa shape index (κ1) is 17.8. The van der Waals surface area contributed by atoms with Crippen LogP contribution in [0, 0.1) is 21.4 Å². The number of halogens is 2. The molecule has 1 saturated heterocycles. The fourth-order valence-corrected chi connectivity index (χ4v) is 2.76. The van der Waals surface area contributed by atoms with Crippen molar-refractivity contribution in [2.24, 2.45) is 0 Å². The Bertz CT molecular complexity index is 640. The number of hydrogen-bond acceptors (Lipinski definition) is 5. The zero-order chi connectivity index (χ0) is 17.5. The number of nitriles is 1. The van der Waals surface area contributed by atoms with Crippen molar-refractivity contribution in [3.8, 4) is 6.07 Å². The van der Waals surface area contributed by atoms with Crippen LogP contribution >= 0.6 is 0 Å². The fraction of sp³-hybridized carbons (Fsp3) is 0.438. The zero-order valence-corrected chi connectivity index (χ0v) is 13.1. The summed E-state index contributed by atoms with van der Waals surface area (Å²) in [6.45, 7) is 1.99. The average molecular weight is 336 g/mol. The van der Waals surface area contributed by atoms with Gasteiger partial charge in [-0.15, -0.1) is 0 Å². The van der Waals surface area contributed by atoms with Crippen molar-refractivity contribution >= 4 is 11.4 Å². The van der Waals surface area contributed by atoms with Crippen LogP contribution in [0.3, 0.4) is 0 Å². The lowest BCUT2D eigenvalue weighted by Gasteiger charge is -2.26. The van der Waals surface area contributed by atoms with E-state index in [1.807, 2.05) is 11.0 Å². The number of nitrogens with zero attached hydrogens (tertiary/aromatic N) is 4. The molecule has 1 heterocycles. The molecule has 0 unspecified atom stereocenters. The Morgan fingerprint density at radius 3 is 2.58 bits per heavy atom. The number of hydrogen-bond donors (Lipinski definition) is 0. The second kappa shape index (κ2) is 8.36. The molecule has 1 aliphatic rings. The van der Waals surface area contributed by atoms with Crippen molar-refractivity contribution < 1.29 is 13.7 Å². The molecule has 0 spiro atoms. The van der Waals surface area contributed by atoms with Gasteiger partial charge in [-0.3, -0.25) is 15.0 Å². The third kappa shape index (κ3) is 4.73. The quantitative estimate of drug-likeness (QED) is 0.470. The van der Waals surface area contributed by atoms with Gasteiger partial charge in [0.15, 0.2) is 0 Å². The van der Waals surface area contributed by atoms with Gasteiger partial charge in [0.25, 0.3) is 12.1 Å². The van der Waals surface area contributed by atoms with Crippen LogP contribution in [0.4, 0.5) is 14.5 Å². The van der Waals surface area contributed by atoms with Crippen LogP contribution < -0.4 is 0 Å². The minimum absolute atomic E-state index is 0.0194. The molecule has 0 radical (unpaired) electrons. The number of allylic oxidation sites excluding steroid dienone is 1. The molecule has 0 saturated carbocycles. The molecule has 0 bridgehead atoms. The number of nitro groups is 1. The van der Waals surface area contributed by atoms with Crippen molar-refractivity contribution in [3.63, 3.8) is 0 Å². The lowest BCUT2D eigenvalue weighted by molar-refractivity contribution is -0.384. The van der Waals surface area contributed by atoms with Gasteiger partial charge in [0.05, 0.1) is 23.2 Å². The highest BCUT2D eigenvalue weighted by Gasteiger charge is 2.20. The predicted molar refractivity (Wildman–Crippen MR) is 85.3 cm³/mol. The van der Waals surface area contributed by atoms with Crippen LogP contribution in [0.25, 0.3) is 5.70 Å². The van der Waals surface area contributed by atoms with Crippen LogP contribution in [0.5, 0.6) is 0 Å². The van der Waals surface area contributed by atoms with Crippen LogP contribution in [0.1, 0.15) is 12.0 Å². The molecule has 1 aromatic carbocycles. The van der Waals surface area contributed by atoms with Crippen LogP contribution in [0.2, 0.25) is 0 Å². The Labute approximate surface area is 138 Å². The molecular formula is C16H18F2N4O2. The predicted octanol–water partition coefficient (Wildman–Crippen LogP) is 2.73. The molecule has 1 aliphatic heterocycles. The molecule has 0 atom stereocenters. The van der Waals surface area contributed by atoms with E-state index in [9.17, 15) is 18.9 Å². The standard InChI is InChI=1S/C16H18F2N4O2/c17-16(18)12-20-8-1-9-21(11-10-20)15(6-7-19)13-2-4-14(5-3-13)22(23)24/h2-6,16H,1,8-12H2/b15-6-. The summed E-state index contributed by atoms with van der Waals surface area (Å²) in [5, 5.41) is 19.8. The third-order valence-electron chi connectivity index (χ3n) is 3.90. The van der Waals surface area contributed by atoms with Crippen molar-refractivity contribution in [2.75, 3.05) is 32.7 Å². The summed E-state index contributed by atoms with van der Waals surface area (Å²) < 4.78 is 25.1. The van der Waals surface area contributed by atoms with Gasteiger partial charge in [-0.05, 0) is 24.1 Å². The number of non-ortho nitro benzene ring substituents is 1. The van der Waals surface area contributed by atoms with E-state index in [-0.39, 0.29) is 12.2 Å². The van der Waals surface area contributed by atoms with Gasteiger partial charge >= 0.3 is 0 Å². The van der Waals surface area contributed by atoms with Gasteiger partial charge in [0, 0.05) is 44.4 Å². The first-order valence-electron chi connectivity index (χ1n) is 7.61. The Morgan fingerprint density at radius 2 is 2.00 bits per heavy atom. The molecule has 1 fully saturated rings. The maximum Gasteiger partial charge on any atom is 0.269 e. The topological polar surface area (TPSA) is 73.4 Å². The van der Waals surface area contributed by atoms with Gasteiger partial charge < -0.3 is 4.90 Å². The van der Waals surface area contributed by atoms with Crippen molar-refractivity contribution in [1.82, 2.24) is 9.80 Å². The van der Waals surface area contributed by atoms with E-state index in [0.29, 0.717) is 43.9 Å². The van der Waals surface area contributed by atoms with E-state index in [0.717, 1.165) is 0 Å². The van der Waals surface area contributed by atoms with Gasteiger partial charge in [-0.1, -0.05) is 0 Å². The molecule has 0 aliphatic carbocycles. The summed E-state index contributed by atoms with van der Waals surface area (Å²) in [5.41, 5.74) is 1.34. The lowest BCUT2D eigenvalue weighted by atomic mass is 10.1. The summed E-state index contributed by atoms with van der Waals surface area (Å²) in [5.74, 6) is 0. The number of nitro benzene ring substituents is 1. The Morgan fingerprint density at radius 1 is 1.29 bits per heavy atom. The summed E-state index contributed by atoms with van der Waals surface area (Å²) >= 11 is 0. The van der Waals surface area contributed by atoms with Gasteiger partial charge in [0.1, 0.15) is 0 Å². The number of alkyl halides is 2. The van der Waals surface area contributed by atoms with Gasteiger partial charge in [-0.2, -0.15) is 5.26 Å². The summed E-state index contributed by atoms with van der Waals surface area (Å²) in [6.07, 6.45) is -0.257. The largest absolute Gasteiger partial charge is 0.369 e. The highest BCUT2D eigenvalue weighted by Crippen LogP contribution is 2.23. The van der Waals surface area contributed by atoms with E-state index in [1.165, 1.54) is 18.2 Å². The molecule has 1 aromatic rings. The lowest BCUT2D eigenvalue weighted by Crippen LogP contribution is -2.33. The average Bonchev–Trinajstić information content (AvgIpc) is 2.77. The number of rotatable bonds is 5. The monoisotopic (exact) mass is 336 g/mol. The molecule has 128 valence electrons. The minimum Gasteiger partial charge on any atom is -0.369 e. The van der Waals surface area contributed by atoms with E-state index >= 15 is 0 Å². The Kier molecular flexibility index (Phi) is 6.21. The number of benzene rings is 1. The first-order chi connectivity index (χ1) is 11.5. The van der Waals surface area contributed by atoms with Crippen LogP contribution in [0.15, 0.2) is 30.3 Å². The van der Waals surface area contributed by atoms with Crippen molar-refractivity contribution in [2.45, 2.75) is 12.8 Å². The molecule has 2 rings (SSSR count). The van der Waals surface area contributed by atoms with Crippen molar-refractivity contribution in [1.29, 1.82) is 5.26 Å². The van der Waals surface area contributed by atoms with E-state index in [2.05, 4.69) is 0 Å². The Balaban J connectivity index is 2.14. The second-order valence-electron chi connectivity index (χ2n) is 5.49. The fourth-order valence-electron chi connectivity index (χ4n) is 2.76. The molecule has 0 aromatic heterocycles.